The maximum Gasteiger partial charge on any atom is 0.269 e. The van der Waals surface area contributed by atoms with Crippen LogP contribution in [0.1, 0.15) is 39.4 Å². The Morgan fingerprint density at radius 2 is 1.69 bits per heavy atom. The van der Waals surface area contributed by atoms with Gasteiger partial charge in [0.2, 0.25) is 0 Å². The van der Waals surface area contributed by atoms with Gasteiger partial charge < -0.3 is 0 Å². The molecule has 0 unspecified atom stereocenters. The van der Waals surface area contributed by atoms with Crippen molar-refractivity contribution in [1.82, 2.24) is 13.5 Å². The van der Waals surface area contributed by atoms with E-state index in [0.717, 1.165) is 34.1 Å². The zero-order valence-corrected chi connectivity index (χ0v) is 19.0. The van der Waals surface area contributed by atoms with Crippen LogP contribution in [-0.2, 0) is 16.4 Å². The maximum atomic E-state index is 13.4. The Labute approximate surface area is 186 Å². The van der Waals surface area contributed by atoms with Crippen molar-refractivity contribution >= 4 is 32.9 Å². The van der Waals surface area contributed by atoms with Crippen molar-refractivity contribution in [3.05, 3.63) is 88.6 Å². The van der Waals surface area contributed by atoms with Gasteiger partial charge in [0.25, 0.3) is 15.9 Å². The second-order valence-corrected chi connectivity index (χ2v) is 10.0. The summed E-state index contributed by atoms with van der Waals surface area (Å²) in [5.74, 6) is -0.0779. The summed E-state index contributed by atoms with van der Waals surface area (Å²) in [5.41, 5.74) is 5.65. The average molecular weight is 446 g/mol. The van der Waals surface area contributed by atoms with Crippen molar-refractivity contribution in [1.29, 1.82) is 0 Å². The Hall–Kier alpha value is -3.45. The average Bonchev–Trinajstić information content (AvgIpc) is 3.29. The van der Waals surface area contributed by atoms with E-state index in [0.29, 0.717) is 23.4 Å². The lowest BCUT2D eigenvalue weighted by atomic mass is 10.00. The molecule has 0 N–H and O–H groups in total. The molecule has 0 saturated heterocycles. The summed E-state index contributed by atoms with van der Waals surface area (Å²) < 4.78 is 29.1. The largest absolute Gasteiger partial charge is 0.280 e. The van der Waals surface area contributed by atoms with Crippen LogP contribution in [0.25, 0.3) is 17.0 Å². The molecule has 5 rings (SSSR count). The molecule has 0 atom stereocenters. The molecular weight excluding hydrogens is 422 g/mol. The molecule has 3 heterocycles. The SMILES string of the molecule is Cc1ccc(S(=O)(=O)n2cnc(C=C3CCc4c(C)c5ccccc5n4C3=O)c2C)cc1. The molecule has 0 aliphatic carbocycles. The number of rotatable bonds is 3. The summed E-state index contributed by atoms with van der Waals surface area (Å²) in [6.07, 6.45) is 4.38. The highest BCUT2D eigenvalue weighted by Crippen LogP contribution is 2.32. The van der Waals surface area contributed by atoms with Crippen LogP contribution in [0, 0.1) is 20.8 Å². The number of nitrogens with zero attached hydrogens (tertiary/aromatic N) is 3. The van der Waals surface area contributed by atoms with Crippen LogP contribution in [-0.4, -0.2) is 27.8 Å². The van der Waals surface area contributed by atoms with Gasteiger partial charge in [-0.15, -0.1) is 0 Å². The van der Waals surface area contributed by atoms with E-state index in [1.807, 2.05) is 31.2 Å². The fraction of sp³-hybridized carbons (Fsp3) is 0.200. The molecule has 0 spiro atoms. The molecule has 2 aromatic heterocycles. The Morgan fingerprint density at radius 1 is 0.969 bits per heavy atom. The normalized spacial score (nSPS) is 15.5. The number of allylic oxidation sites excluding steroid dienone is 1. The Kier molecular flexibility index (Phi) is 4.67. The van der Waals surface area contributed by atoms with Crippen molar-refractivity contribution in [2.24, 2.45) is 0 Å². The van der Waals surface area contributed by atoms with Crippen LogP contribution in [0.15, 0.2) is 65.3 Å². The van der Waals surface area contributed by atoms with E-state index in [9.17, 15) is 13.2 Å². The molecule has 0 fully saturated rings. The van der Waals surface area contributed by atoms with Gasteiger partial charge in [0, 0.05) is 16.7 Å². The van der Waals surface area contributed by atoms with Gasteiger partial charge in [-0.1, -0.05) is 35.9 Å². The van der Waals surface area contributed by atoms with Crippen molar-refractivity contribution in [3.63, 3.8) is 0 Å². The molecule has 7 heteroatoms. The van der Waals surface area contributed by atoms with Gasteiger partial charge in [-0.2, -0.15) is 0 Å². The van der Waals surface area contributed by atoms with Gasteiger partial charge in [-0.05, 0) is 63.5 Å². The molecule has 0 radical (unpaired) electrons. The highest BCUT2D eigenvalue weighted by Gasteiger charge is 2.27. The fourth-order valence-corrected chi connectivity index (χ4v) is 5.74. The van der Waals surface area contributed by atoms with E-state index >= 15 is 0 Å². The quantitative estimate of drug-likeness (QED) is 0.430. The standard InChI is InChI=1S/C25H23N3O3S/c1-16-8-11-20(12-9-16)32(30,31)27-15-26-22(18(27)3)14-19-10-13-23-17(2)21-6-4-5-7-24(21)28(23)25(19)29/h4-9,11-12,14-15H,10,13H2,1-3H3. The number of fused-ring (bicyclic) bond motifs is 3. The van der Waals surface area contributed by atoms with Crippen molar-refractivity contribution in [3.8, 4) is 0 Å². The van der Waals surface area contributed by atoms with Crippen LogP contribution >= 0.6 is 0 Å². The van der Waals surface area contributed by atoms with E-state index in [2.05, 4.69) is 11.9 Å². The molecule has 0 amide bonds. The zero-order valence-electron chi connectivity index (χ0n) is 18.2. The Bertz CT molecular complexity index is 1520. The first-order valence-corrected chi connectivity index (χ1v) is 11.9. The number of hydrogen-bond acceptors (Lipinski definition) is 4. The minimum Gasteiger partial charge on any atom is -0.280 e. The monoisotopic (exact) mass is 445 g/mol. The molecule has 0 saturated carbocycles. The highest BCUT2D eigenvalue weighted by molar-refractivity contribution is 7.90. The van der Waals surface area contributed by atoms with Gasteiger partial charge in [0.05, 0.1) is 21.8 Å². The van der Waals surface area contributed by atoms with Gasteiger partial charge in [-0.3, -0.25) is 9.36 Å². The predicted molar refractivity (Wildman–Crippen MR) is 124 cm³/mol. The number of carbonyl (C=O) groups is 1. The summed E-state index contributed by atoms with van der Waals surface area (Å²) in [4.78, 5) is 17.9. The minimum atomic E-state index is -3.76. The predicted octanol–water partition coefficient (Wildman–Crippen LogP) is 4.67. The third-order valence-corrected chi connectivity index (χ3v) is 8.01. The van der Waals surface area contributed by atoms with Crippen LogP contribution in [0.4, 0.5) is 0 Å². The number of hydrogen-bond donors (Lipinski definition) is 0. The minimum absolute atomic E-state index is 0.0779. The second-order valence-electron chi connectivity index (χ2n) is 8.23. The molecule has 0 bridgehead atoms. The van der Waals surface area contributed by atoms with Crippen LogP contribution in [0.5, 0.6) is 0 Å². The van der Waals surface area contributed by atoms with Crippen LogP contribution < -0.4 is 0 Å². The number of aromatic nitrogens is 3. The number of carbonyl (C=O) groups excluding carboxylic acids is 1. The van der Waals surface area contributed by atoms with E-state index < -0.39 is 10.0 Å². The van der Waals surface area contributed by atoms with E-state index in [-0.39, 0.29) is 10.8 Å². The molecular formula is C25H23N3O3S. The van der Waals surface area contributed by atoms with Crippen molar-refractivity contribution in [2.45, 2.75) is 38.5 Å². The smallest absolute Gasteiger partial charge is 0.269 e. The van der Waals surface area contributed by atoms with E-state index in [1.165, 1.54) is 10.3 Å². The molecule has 4 aromatic rings. The molecule has 2 aromatic carbocycles. The fourth-order valence-electron chi connectivity index (χ4n) is 4.40. The summed E-state index contributed by atoms with van der Waals surface area (Å²) in [5, 5.41) is 1.08. The number of para-hydroxylation sites is 1. The summed E-state index contributed by atoms with van der Waals surface area (Å²) in [6, 6.07) is 14.6. The first-order valence-electron chi connectivity index (χ1n) is 10.5. The molecule has 32 heavy (non-hydrogen) atoms. The molecule has 6 nitrogen and oxygen atoms in total. The first-order chi connectivity index (χ1) is 15.3. The third-order valence-electron chi connectivity index (χ3n) is 6.25. The summed E-state index contributed by atoms with van der Waals surface area (Å²) >= 11 is 0. The van der Waals surface area contributed by atoms with Gasteiger partial charge in [0.15, 0.2) is 0 Å². The number of imidazole rings is 1. The van der Waals surface area contributed by atoms with Gasteiger partial charge in [-0.25, -0.2) is 17.4 Å². The van der Waals surface area contributed by atoms with Gasteiger partial charge in [0.1, 0.15) is 6.33 Å². The number of benzene rings is 2. The van der Waals surface area contributed by atoms with Gasteiger partial charge >= 0.3 is 0 Å². The van der Waals surface area contributed by atoms with Crippen molar-refractivity contribution < 1.29 is 13.2 Å². The third kappa shape index (κ3) is 3.04. The van der Waals surface area contributed by atoms with Crippen molar-refractivity contribution in [2.75, 3.05) is 0 Å². The first kappa shape index (κ1) is 20.5. The van der Waals surface area contributed by atoms with E-state index in [1.54, 1.807) is 41.8 Å². The Balaban J connectivity index is 1.55. The number of aryl methyl sites for hydroxylation is 2. The Morgan fingerprint density at radius 3 is 2.44 bits per heavy atom. The molecule has 1 aliphatic heterocycles. The lowest BCUT2D eigenvalue weighted by molar-refractivity contribution is 0.0946. The lowest BCUT2D eigenvalue weighted by Gasteiger charge is -2.18. The zero-order chi connectivity index (χ0) is 22.6. The summed E-state index contributed by atoms with van der Waals surface area (Å²) in [6.45, 7) is 5.67. The topological polar surface area (TPSA) is 74.0 Å². The van der Waals surface area contributed by atoms with Crippen LogP contribution in [0.3, 0.4) is 0 Å². The lowest BCUT2D eigenvalue weighted by Crippen LogP contribution is -2.22. The molecule has 162 valence electrons. The summed E-state index contributed by atoms with van der Waals surface area (Å²) in [7, 11) is -3.76. The maximum absolute atomic E-state index is 13.4. The highest BCUT2D eigenvalue weighted by atomic mass is 32.2. The second kappa shape index (κ2) is 7.31. The van der Waals surface area contributed by atoms with Crippen LogP contribution in [0.2, 0.25) is 0 Å². The van der Waals surface area contributed by atoms with E-state index in [4.69, 9.17) is 0 Å². The molecule has 1 aliphatic rings.